The molecule has 0 saturated carbocycles. The molecule has 0 N–H and O–H groups in total. The van der Waals surface area contributed by atoms with Gasteiger partial charge in [-0.3, -0.25) is 19.2 Å². The second-order valence-electron chi connectivity index (χ2n) is 10.5. The van der Waals surface area contributed by atoms with Gasteiger partial charge >= 0.3 is 17.1 Å². The maximum Gasteiger partial charge on any atom is 2.00 e. The summed E-state index contributed by atoms with van der Waals surface area (Å²) in [6.45, 7) is 0. The third kappa shape index (κ3) is 8.18. The molecular formula is C36H26CuO8S2. The van der Waals surface area contributed by atoms with Crippen LogP contribution in [0.1, 0.15) is 79.2 Å². The van der Waals surface area contributed by atoms with Gasteiger partial charge in [-0.05, 0) is 48.2 Å². The van der Waals surface area contributed by atoms with Gasteiger partial charge in [0.05, 0.1) is 10.5 Å². The van der Waals surface area contributed by atoms with Crippen molar-refractivity contribution in [1.82, 2.24) is 0 Å². The topological polar surface area (TPSA) is 149 Å². The third-order valence-corrected chi connectivity index (χ3v) is 10.2. The van der Waals surface area contributed by atoms with Crippen LogP contribution in [-0.4, -0.2) is 35.1 Å². The van der Waals surface area contributed by atoms with Crippen LogP contribution >= 0.6 is 23.5 Å². The Balaban J connectivity index is 0.000000208. The Labute approximate surface area is 289 Å². The van der Waals surface area contributed by atoms with E-state index in [2.05, 4.69) is 0 Å². The molecule has 6 rings (SSSR count). The smallest absolute Gasteiger partial charge is 0.550 e. The van der Waals surface area contributed by atoms with E-state index in [-0.39, 0.29) is 65.9 Å². The molecule has 0 aromatic heterocycles. The van der Waals surface area contributed by atoms with E-state index in [0.29, 0.717) is 33.4 Å². The summed E-state index contributed by atoms with van der Waals surface area (Å²) in [6, 6.07) is 28.3. The summed E-state index contributed by atoms with van der Waals surface area (Å²) in [7, 11) is 0. The predicted molar refractivity (Wildman–Crippen MR) is 168 cm³/mol. The van der Waals surface area contributed by atoms with E-state index in [1.807, 2.05) is 24.3 Å². The molecule has 2 heterocycles. The first-order valence-corrected chi connectivity index (χ1v) is 16.2. The van der Waals surface area contributed by atoms with Crippen LogP contribution in [0.15, 0.2) is 107 Å². The van der Waals surface area contributed by atoms with Crippen molar-refractivity contribution in [3.05, 3.63) is 130 Å². The molecule has 0 saturated heterocycles. The molecule has 2 aliphatic rings. The van der Waals surface area contributed by atoms with Gasteiger partial charge in [0, 0.05) is 56.8 Å². The van der Waals surface area contributed by atoms with Crippen LogP contribution in [0.4, 0.5) is 0 Å². The van der Waals surface area contributed by atoms with Crippen LogP contribution < -0.4 is 10.2 Å². The Morgan fingerprint density at radius 2 is 0.809 bits per heavy atom. The van der Waals surface area contributed by atoms with Gasteiger partial charge in [-0.2, -0.15) is 0 Å². The van der Waals surface area contributed by atoms with Crippen molar-refractivity contribution in [2.75, 3.05) is 0 Å². The number of fused-ring (bicyclic) bond motifs is 4. The number of hydrogen-bond acceptors (Lipinski definition) is 10. The monoisotopic (exact) mass is 713 g/mol. The molecule has 0 bridgehead atoms. The summed E-state index contributed by atoms with van der Waals surface area (Å²) in [5.74, 6) is -3.14. The van der Waals surface area contributed by atoms with Crippen LogP contribution in [0.2, 0.25) is 0 Å². The fourth-order valence-electron chi connectivity index (χ4n) is 5.24. The van der Waals surface area contributed by atoms with Crippen LogP contribution in [-0.2, 0) is 36.2 Å². The maximum atomic E-state index is 12.7. The van der Waals surface area contributed by atoms with Gasteiger partial charge < -0.3 is 19.8 Å². The van der Waals surface area contributed by atoms with Crippen molar-refractivity contribution in [3.63, 3.8) is 0 Å². The Kier molecular flexibility index (Phi) is 12.1. The van der Waals surface area contributed by atoms with Crippen molar-refractivity contribution in [1.29, 1.82) is 0 Å². The second kappa shape index (κ2) is 16.0. The fourth-order valence-corrected chi connectivity index (χ4v) is 7.80. The molecule has 0 fully saturated rings. The number of aliphatic carboxylic acids is 2. The molecule has 4 aromatic rings. The number of thioether (sulfide) groups is 2. The third-order valence-electron chi connectivity index (χ3n) is 7.46. The molecule has 0 spiro atoms. The molecule has 2 atom stereocenters. The van der Waals surface area contributed by atoms with E-state index in [4.69, 9.17) is 0 Å². The Hall–Kier alpha value is -4.28. The van der Waals surface area contributed by atoms with Crippen LogP contribution in [0.5, 0.6) is 0 Å². The predicted octanol–water partition coefficient (Wildman–Crippen LogP) is 4.32. The van der Waals surface area contributed by atoms with E-state index < -0.39 is 22.4 Å². The minimum atomic E-state index is -1.25. The molecule has 1 radical (unpaired) electrons. The quantitative estimate of drug-likeness (QED) is 0.242. The number of benzene rings is 4. The zero-order chi connectivity index (χ0) is 32.8. The zero-order valence-electron chi connectivity index (χ0n) is 24.6. The number of Topliss-reactive ketones (excluding diaryl/α,β-unsaturated/α-hetero) is 2. The van der Waals surface area contributed by atoms with Crippen LogP contribution in [0, 0.1) is 0 Å². The number of hydrogen-bond donors (Lipinski definition) is 0. The first-order valence-electron chi connectivity index (χ1n) is 14.4. The van der Waals surface area contributed by atoms with Crippen LogP contribution in [0.25, 0.3) is 0 Å². The molecule has 241 valence electrons. The molecule has 2 unspecified atom stereocenters. The number of carboxylic acid groups (broad SMARTS) is 2. The number of rotatable bonds is 8. The van der Waals surface area contributed by atoms with Gasteiger partial charge in [0.15, 0.2) is 23.1 Å². The van der Waals surface area contributed by atoms with E-state index in [0.717, 1.165) is 9.79 Å². The molecule has 0 aliphatic carbocycles. The standard InChI is InChI=1S/2C18H14O4S.Cu/c2*19-14(9-10-16(20)21)18-12-6-2-1-5-11(12)17(22)13-7-3-4-8-15(13)23-18;/h2*1-8,18H,9-10H2,(H,20,21);/q;;+2/p-2. The van der Waals surface area contributed by atoms with Crippen molar-refractivity contribution >= 4 is 58.6 Å². The number of carbonyl (C=O) groups is 6. The average molecular weight is 714 g/mol. The van der Waals surface area contributed by atoms with Gasteiger partial charge in [-0.1, -0.05) is 72.8 Å². The minimum Gasteiger partial charge on any atom is -0.550 e. The summed E-state index contributed by atoms with van der Waals surface area (Å²) in [6.07, 6.45) is -0.837. The summed E-state index contributed by atoms with van der Waals surface area (Å²) in [4.78, 5) is 73.2. The number of ketones is 4. The van der Waals surface area contributed by atoms with Crippen molar-refractivity contribution in [2.45, 2.75) is 46.0 Å². The first kappa shape index (κ1) is 35.6. The summed E-state index contributed by atoms with van der Waals surface area (Å²) >= 11 is 2.60. The van der Waals surface area contributed by atoms with E-state index >= 15 is 0 Å². The fraction of sp³-hybridized carbons (Fsp3) is 0.167. The molecule has 47 heavy (non-hydrogen) atoms. The zero-order valence-corrected chi connectivity index (χ0v) is 27.2. The molecular weight excluding hydrogens is 688 g/mol. The average Bonchev–Trinajstić information content (AvgIpc) is 3.28. The maximum absolute atomic E-state index is 12.7. The molecule has 11 heteroatoms. The summed E-state index contributed by atoms with van der Waals surface area (Å²) < 4.78 is 0. The van der Waals surface area contributed by atoms with Gasteiger partial charge in [-0.25, -0.2) is 0 Å². The minimum absolute atomic E-state index is 0. The Morgan fingerprint density at radius 3 is 1.17 bits per heavy atom. The molecule has 0 amide bonds. The number of carboxylic acids is 2. The van der Waals surface area contributed by atoms with E-state index in [1.165, 1.54) is 23.5 Å². The van der Waals surface area contributed by atoms with Gasteiger partial charge in [-0.15, -0.1) is 23.5 Å². The molecule has 4 aromatic carbocycles. The Morgan fingerprint density at radius 1 is 0.489 bits per heavy atom. The second-order valence-corrected chi connectivity index (χ2v) is 12.8. The van der Waals surface area contributed by atoms with Crippen molar-refractivity contribution < 1.29 is 56.0 Å². The van der Waals surface area contributed by atoms with Gasteiger partial charge in [0.25, 0.3) is 0 Å². The van der Waals surface area contributed by atoms with Gasteiger partial charge in [0.1, 0.15) is 0 Å². The number of carbonyl (C=O) groups excluding carboxylic acids is 6. The summed E-state index contributed by atoms with van der Waals surface area (Å²) in [5.41, 5.74) is 3.41. The van der Waals surface area contributed by atoms with Crippen LogP contribution in [0.3, 0.4) is 0 Å². The normalized spacial score (nSPS) is 15.8. The first-order chi connectivity index (χ1) is 22.2. The largest absolute Gasteiger partial charge is 2.00 e. The SMILES string of the molecule is O=C([O-])CCC(=O)C1Sc2ccccc2C(=O)c2ccccc21.O=C([O-])CCC(=O)C1Sc2ccccc2C(=O)c2ccccc21.[Cu+2]. The van der Waals surface area contributed by atoms with Crippen molar-refractivity contribution in [3.8, 4) is 0 Å². The summed E-state index contributed by atoms with van der Waals surface area (Å²) in [5, 5.41) is 20.1. The van der Waals surface area contributed by atoms with Crippen molar-refractivity contribution in [2.24, 2.45) is 0 Å². The molecule has 8 nitrogen and oxygen atoms in total. The van der Waals surface area contributed by atoms with E-state index in [1.54, 1.807) is 72.8 Å². The molecule has 2 aliphatic heterocycles. The Bertz CT molecular complexity index is 1740. The van der Waals surface area contributed by atoms with E-state index in [9.17, 15) is 39.0 Å². The van der Waals surface area contributed by atoms with Gasteiger partial charge in [0.2, 0.25) is 0 Å².